The summed E-state index contributed by atoms with van der Waals surface area (Å²) >= 11 is 0. The minimum atomic E-state index is -0.365. The van der Waals surface area contributed by atoms with Gasteiger partial charge in [0.25, 0.3) is 0 Å². The number of piperazine rings is 1. The van der Waals surface area contributed by atoms with Gasteiger partial charge in [-0.05, 0) is 90.1 Å². The number of nitrogens with two attached hydrogens (primary N) is 1. The molecule has 1 atom stereocenters. The molecule has 1 aliphatic carbocycles. The van der Waals surface area contributed by atoms with E-state index in [-0.39, 0.29) is 5.91 Å². The molecular weight excluding hydrogens is 520 g/mol. The molecule has 0 aromatic heterocycles. The van der Waals surface area contributed by atoms with Crippen molar-refractivity contribution < 1.29 is 9.53 Å². The molecule has 1 spiro atoms. The average Bonchev–Trinajstić information content (AvgIpc) is 3.00. The summed E-state index contributed by atoms with van der Waals surface area (Å²) in [5.41, 5.74) is 12.0. The molecule has 222 valence electrons. The van der Waals surface area contributed by atoms with Crippen LogP contribution in [0.3, 0.4) is 0 Å². The third-order valence-electron chi connectivity index (χ3n) is 10.2. The van der Waals surface area contributed by atoms with Crippen LogP contribution in [0, 0.1) is 5.41 Å². The highest BCUT2D eigenvalue weighted by Crippen LogP contribution is 2.53. The van der Waals surface area contributed by atoms with Gasteiger partial charge in [-0.1, -0.05) is 50.2 Å². The number of piperidine rings is 1. The lowest BCUT2D eigenvalue weighted by molar-refractivity contribution is -0.0628. The first-order valence-corrected chi connectivity index (χ1v) is 15.7. The molecule has 6 rings (SSSR count). The number of benzene rings is 3. The van der Waals surface area contributed by atoms with Crippen molar-refractivity contribution in [2.24, 2.45) is 11.1 Å². The van der Waals surface area contributed by atoms with E-state index in [1.165, 1.54) is 48.1 Å². The summed E-state index contributed by atoms with van der Waals surface area (Å²) in [6, 6.07) is 26.6. The highest BCUT2D eigenvalue weighted by Gasteiger charge is 2.50. The van der Waals surface area contributed by atoms with Crippen LogP contribution in [0.5, 0.6) is 5.75 Å². The molecule has 2 heterocycles. The molecule has 2 aliphatic heterocycles. The Morgan fingerprint density at radius 2 is 1.62 bits per heavy atom. The molecule has 6 nitrogen and oxygen atoms in total. The molecule has 3 fully saturated rings. The number of ether oxygens (including phenoxy) is 1. The number of hydrogen-bond donors (Lipinski definition) is 1. The highest BCUT2D eigenvalue weighted by molar-refractivity contribution is 5.93. The maximum Gasteiger partial charge on any atom is 0.248 e. The van der Waals surface area contributed by atoms with Crippen LogP contribution in [0.4, 0.5) is 5.69 Å². The van der Waals surface area contributed by atoms with Gasteiger partial charge in [0.05, 0.1) is 7.11 Å². The third-order valence-corrected chi connectivity index (χ3v) is 10.2. The van der Waals surface area contributed by atoms with Crippen LogP contribution >= 0.6 is 0 Å². The second-order valence-electron chi connectivity index (χ2n) is 13.1. The summed E-state index contributed by atoms with van der Waals surface area (Å²) in [6.07, 6.45) is 5.10. The van der Waals surface area contributed by atoms with Gasteiger partial charge in [0.15, 0.2) is 0 Å². The summed E-state index contributed by atoms with van der Waals surface area (Å²) in [5.74, 6) is 1.06. The first-order chi connectivity index (χ1) is 20.3. The van der Waals surface area contributed by atoms with Gasteiger partial charge in [-0.15, -0.1) is 0 Å². The van der Waals surface area contributed by atoms with Gasteiger partial charge >= 0.3 is 0 Å². The number of carbonyl (C=O) groups excluding carboxylic acids is 1. The predicted octanol–water partition coefficient (Wildman–Crippen LogP) is 6.23. The fraction of sp³-hybridized carbons (Fsp3) is 0.472. The van der Waals surface area contributed by atoms with Gasteiger partial charge in [-0.3, -0.25) is 14.6 Å². The first kappa shape index (κ1) is 28.8. The monoisotopic (exact) mass is 566 g/mol. The lowest BCUT2D eigenvalue weighted by atomic mass is 9.59. The standard InChI is InChI=1S/C36H46N4O2/c1-26(2)32-6-4-5-7-33(32)34-25-38(24-27-8-14-31(42-3)15-9-27)20-21-40(34)30-22-36(23-30)16-18-39(19-17-36)29-12-10-28(11-13-29)35(37)41/h4-15,26,30,34H,16-25H2,1-3H3,(H2,37,41)/t34-/m0/s1. The minimum absolute atomic E-state index is 0.365. The Bertz CT molecular complexity index is 1350. The maximum atomic E-state index is 11.5. The van der Waals surface area contributed by atoms with Gasteiger partial charge in [0.2, 0.25) is 5.91 Å². The Kier molecular flexibility index (Phi) is 8.28. The SMILES string of the molecule is COc1ccc(CN2CCN(C3CC4(CCN(c5ccc(C(N)=O)cc5)CC4)C3)[C@H](c3ccccc3C(C)C)C2)cc1. The van der Waals surface area contributed by atoms with E-state index < -0.39 is 0 Å². The summed E-state index contributed by atoms with van der Waals surface area (Å²) in [7, 11) is 1.73. The molecule has 0 unspecified atom stereocenters. The number of methoxy groups -OCH3 is 1. The van der Waals surface area contributed by atoms with Crippen molar-refractivity contribution in [3.63, 3.8) is 0 Å². The molecule has 2 N–H and O–H groups in total. The topological polar surface area (TPSA) is 62.0 Å². The first-order valence-electron chi connectivity index (χ1n) is 15.7. The van der Waals surface area contributed by atoms with Crippen LogP contribution in [0.2, 0.25) is 0 Å². The number of hydrogen-bond acceptors (Lipinski definition) is 5. The lowest BCUT2D eigenvalue weighted by Gasteiger charge is -2.58. The van der Waals surface area contributed by atoms with E-state index in [1.54, 1.807) is 7.11 Å². The van der Waals surface area contributed by atoms with E-state index in [0.717, 1.165) is 45.0 Å². The molecule has 2 saturated heterocycles. The average molecular weight is 567 g/mol. The molecule has 3 aromatic carbocycles. The highest BCUT2D eigenvalue weighted by atomic mass is 16.5. The Labute approximate surface area is 251 Å². The fourth-order valence-electron chi connectivity index (χ4n) is 7.70. The van der Waals surface area contributed by atoms with E-state index in [9.17, 15) is 4.79 Å². The van der Waals surface area contributed by atoms with E-state index in [4.69, 9.17) is 10.5 Å². The Morgan fingerprint density at radius 1 is 0.929 bits per heavy atom. The number of amides is 1. The third kappa shape index (κ3) is 5.93. The van der Waals surface area contributed by atoms with Gasteiger partial charge in [-0.2, -0.15) is 0 Å². The molecule has 3 aliphatic rings. The Hall–Kier alpha value is -3.35. The van der Waals surface area contributed by atoms with Crippen LogP contribution < -0.4 is 15.4 Å². The van der Waals surface area contributed by atoms with Gasteiger partial charge in [0, 0.05) is 62.6 Å². The quantitative estimate of drug-likeness (QED) is 0.351. The summed E-state index contributed by atoms with van der Waals surface area (Å²) in [4.78, 5) is 19.5. The lowest BCUT2D eigenvalue weighted by Crippen LogP contribution is -2.60. The molecule has 0 radical (unpaired) electrons. The zero-order valence-corrected chi connectivity index (χ0v) is 25.5. The van der Waals surface area contributed by atoms with Crippen LogP contribution in [-0.4, -0.2) is 61.6 Å². The number of anilines is 1. The van der Waals surface area contributed by atoms with Crippen LogP contribution in [0.15, 0.2) is 72.8 Å². The van der Waals surface area contributed by atoms with E-state index in [1.807, 2.05) is 24.3 Å². The zero-order chi connectivity index (χ0) is 29.3. The molecule has 1 amide bonds. The van der Waals surface area contributed by atoms with Gasteiger partial charge < -0.3 is 15.4 Å². The van der Waals surface area contributed by atoms with Crippen molar-refractivity contribution in [2.45, 2.75) is 64.1 Å². The van der Waals surface area contributed by atoms with Gasteiger partial charge in [-0.25, -0.2) is 0 Å². The van der Waals surface area contributed by atoms with Crippen molar-refractivity contribution in [3.8, 4) is 5.75 Å². The van der Waals surface area contributed by atoms with E-state index in [2.05, 4.69) is 77.1 Å². The smallest absolute Gasteiger partial charge is 0.248 e. The van der Waals surface area contributed by atoms with Crippen molar-refractivity contribution in [3.05, 3.63) is 95.1 Å². The van der Waals surface area contributed by atoms with E-state index >= 15 is 0 Å². The van der Waals surface area contributed by atoms with Crippen molar-refractivity contribution in [1.29, 1.82) is 0 Å². The summed E-state index contributed by atoms with van der Waals surface area (Å²) in [6.45, 7) is 11.1. The summed E-state index contributed by atoms with van der Waals surface area (Å²) < 4.78 is 5.38. The normalized spacial score (nSPS) is 21.4. The van der Waals surface area contributed by atoms with Crippen LogP contribution in [0.1, 0.15) is 78.5 Å². The van der Waals surface area contributed by atoms with Crippen molar-refractivity contribution in [1.82, 2.24) is 9.80 Å². The largest absolute Gasteiger partial charge is 0.497 e. The second kappa shape index (κ2) is 12.1. The number of nitrogens with zero attached hydrogens (tertiary/aromatic N) is 3. The molecule has 3 aromatic rings. The molecule has 42 heavy (non-hydrogen) atoms. The summed E-state index contributed by atoms with van der Waals surface area (Å²) in [5, 5.41) is 0. The Morgan fingerprint density at radius 3 is 2.26 bits per heavy atom. The van der Waals surface area contributed by atoms with Crippen LogP contribution in [-0.2, 0) is 6.54 Å². The number of primary amides is 1. The predicted molar refractivity (Wildman–Crippen MR) is 170 cm³/mol. The van der Waals surface area contributed by atoms with Gasteiger partial charge in [0.1, 0.15) is 5.75 Å². The molecule has 6 heteroatoms. The van der Waals surface area contributed by atoms with Crippen LogP contribution in [0.25, 0.3) is 0 Å². The number of rotatable bonds is 8. The molecule has 0 bridgehead atoms. The molecular formula is C36H46N4O2. The fourth-order valence-corrected chi connectivity index (χ4v) is 7.70. The molecule has 1 saturated carbocycles. The number of carbonyl (C=O) groups is 1. The maximum absolute atomic E-state index is 11.5. The van der Waals surface area contributed by atoms with Crippen molar-refractivity contribution in [2.75, 3.05) is 44.7 Å². The second-order valence-corrected chi connectivity index (χ2v) is 13.1. The zero-order valence-electron chi connectivity index (χ0n) is 25.5. The van der Waals surface area contributed by atoms with Crippen molar-refractivity contribution >= 4 is 11.6 Å². The Balaban J connectivity index is 1.13. The van der Waals surface area contributed by atoms with E-state index in [0.29, 0.717) is 29.0 Å². The minimum Gasteiger partial charge on any atom is -0.497 e.